The monoisotopic (exact) mass is 322 g/mol. The molecule has 128 valence electrons. The molecule has 23 heavy (non-hydrogen) atoms. The average molecular weight is 322 g/mol. The molecule has 2 unspecified atom stereocenters. The van der Waals surface area contributed by atoms with E-state index in [0.29, 0.717) is 5.56 Å². The van der Waals surface area contributed by atoms with E-state index in [1.165, 1.54) is 20.9 Å². The quantitative estimate of drug-likeness (QED) is 0.869. The summed E-state index contributed by atoms with van der Waals surface area (Å²) in [5.74, 6) is -2.04. The van der Waals surface area contributed by atoms with Gasteiger partial charge in [0.25, 0.3) is 5.91 Å². The highest BCUT2D eigenvalue weighted by molar-refractivity contribution is 6.00. The first-order valence-electron chi connectivity index (χ1n) is 7.64. The van der Waals surface area contributed by atoms with Crippen molar-refractivity contribution < 1.29 is 19.5 Å². The van der Waals surface area contributed by atoms with Gasteiger partial charge >= 0.3 is 5.97 Å². The molecule has 1 rings (SSSR count). The zero-order valence-electron chi connectivity index (χ0n) is 14.6. The Kier molecular flexibility index (Phi) is 8.62. The molecule has 0 saturated carbocycles. The smallest absolute Gasteiger partial charge is 0.326 e. The van der Waals surface area contributed by atoms with Crippen molar-refractivity contribution in [2.45, 2.75) is 46.7 Å². The summed E-state index contributed by atoms with van der Waals surface area (Å²) < 4.78 is 0. The molecule has 0 bridgehead atoms. The summed E-state index contributed by atoms with van der Waals surface area (Å²) in [5.41, 5.74) is 1.12. The molecular weight excluding hydrogens is 296 g/mol. The van der Waals surface area contributed by atoms with Crippen molar-refractivity contribution in [3.8, 4) is 0 Å². The van der Waals surface area contributed by atoms with Crippen LogP contribution >= 0.6 is 0 Å². The molecule has 1 aromatic rings. The topological polar surface area (TPSA) is 86.7 Å². The fourth-order valence-electron chi connectivity index (χ4n) is 2.09. The van der Waals surface area contributed by atoms with Crippen LogP contribution in [0.4, 0.5) is 0 Å². The molecule has 0 radical (unpaired) electrons. The van der Waals surface area contributed by atoms with E-state index in [9.17, 15) is 19.5 Å². The number of hydrogen-bond acceptors (Lipinski definition) is 3. The van der Waals surface area contributed by atoms with Crippen LogP contribution in [-0.4, -0.2) is 46.9 Å². The zero-order valence-corrected chi connectivity index (χ0v) is 14.6. The number of amides is 2. The van der Waals surface area contributed by atoms with Gasteiger partial charge in [-0.05, 0) is 32.4 Å². The van der Waals surface area contributed by atoms with E-state index in [2.05, 4.69) is 5.32 Å². The summed E-state index contributed by atoms with van der Waals surface area (Å²) in [6.45, 7) is 8.66. The fourth-order valence-corrected chi connectivity index (χ4v) is 2.09. The van der Waals surface area contributed by atoms with Crippen LogP contribution in [0.2, 0.25) is 0 Å². The molecule has 2 atom stereocenters. The first-order chi connectivity index (χ1) is 10.8. The molecule has 6 nitrogen and oxygen atoms in total. The number of carboxylic acids is 1. The minimum absolute atomic E-state index is 0.390. The molecule has 1 aromatic carbocycles. The van der Waals surface area contributed by atoms with Crippen LogP contribution in [0.25, 0.3) is 0 Å². The maximum absolute atomic E-state index is 12.7. The van der Waals surface area contributed by atoms with Gasteiger partial charge in [-0.3, -0.25) is 9.59 Å². The molecule has 0 fully saturated rings. The molecule has 0 aliphatic carbocycles. The molecule has 0 aliphatic rings. The Morgan fingerprint density at radius 1 is 1.09 bits per heavy atom. The highest BCUT2D eigenvalue weighted by Gasteiger charge is 2.34. The predicted octanol–water partition coefficient (Wildman–Crippen LogP) is 2.07. The Labute approximate surface area is 137 Å². The summed E-state index contributed by atoms with van der Waals surface area (Å²) in [6, 6.07) is 4.89. The van der Waals surface area contributed by atoms with Crippen molar-refractivity contribution in [1.82, 2.24) is 10.2 Å². The Balaban J connectivity index is 0.00000232. The van der Waals surface area contributed by atoms with E-state index in [4.69, 9.17) is 0 Å². The molecule has 0 heterocycles. The van der Waals surface area contributed by atoms with Gasteiger partial charge in [0.05, 0.1) is 0 Å². The normalized spacial score (nSPS) is 12.3. The van der Waals surface area contributed by atoms with Crippen molar-refractivity contribution in [3.63, 3.8) is 0 Å². The zero-order chi connectivity index (χ0) is 18.2. The number of aliphatic carboxylic acids is 1. The van der Waals surface area contributed by atoms with E-state index in [-0.39, 0.29) is 0 Å². The van der Waals surface area contributed by atoms with Gasteiger partial charge in [-0.1, -0.05) is 32.0 Å². The number of likely N-dealkylation sites (N-methyl/N-ethyl adjacent to an activating group) is 1. The second-order valence-electron chi connectivity index (χ2n) is 4.83. The Morgan fingerprint density at radius 3 is 2.04 bits per heavy atom. The lowest BCUT2D eigenvalue weighted by molar-refractivity contribution is -0.143. The lowest BCUT2D eigenvalue weighted by atomic mass is 10.0. The number of nitrogens with zero attached hydrogens (tertiary/aromatic N) is 1. The van der Waals surface area contributed by atoms with Crippen molar-refractivity contribution in [1.29, 1.82) is 0 Å². The SMILES string of the molecule is CC.CNC(=O)C(C)N(C(=O)c1ccccc1C)C(C)C(=O)O. The van der Waals surface area contributed by atoms with Crippen LogP contribution in [0, 0.1) is 6.92 Å². The van der Waals surface area contributed by atoms with Crippen LogP contribution in [0.15, 0.2) is 24.3 Å². The summed E-state index contributed by atoms with van der Waals surface area (Å²) in [4.78, 5) is 36.8. The average Bonchev–Trinajstić information content (AvgIpc) is 2.55. The first kappa shape index (κ1) is 20.6. The summed E-state index contributed by atoms with van der Waals surface area (Å²) in [5, 5.41) is 11.6. The number of aryl methyl sites for hydroxylation is 1. The number of carbonyl (C=O) groups is 3. The lowest BCUT2D eigenvalue weighted by Crippen LogP contribution is -2.53. The standard InChI is InChI=1S/C15H20N2O4.C2H6/c1-9-7-5-6-8-12(9)14(19)17(11(3)15(20)21)10(2)13(18)16-4;1-2/h5-8,10-11H,1-4H3,(H,16,18)(H,20,21);1-2H3. The van der Waals surface area contributed by atoms with Crippen molar-refractivity contribution in [2.75, 3.05) is 7.05 Å². The van der Waals surface area contributed by atoms with E-state index in [0.717, 1.165) is 10.5 Å². The highest BCUT2D eigenvalue weighted by Crippen LogP contribution is 2.16. The van der Waals surface area contributed by atoms with Gasteiger partial charge in [0.2, 0.25) is 5.91 Å². The minimum atomic E-state index is -1.16. The number of hydrogen-bond donors (Lipinski definition) is 2. The molecule has 0 aliphatic heterocycles. The van der Waals surface area contributed by atoms with Crippen molar-refractivity contribution >= 4 is 17.8 Å². The summed E-state index contributed by atoms with van der Waals surface area (Å²) in [6.07, 6.45) is 0. The van der Waals surface area contributed by atoms with Gasteiger partial charge in [-0.25, -0.2) is 4.79 Å². The van der Waals surface area contributed by atoms with E-state index < -0.39 is 29.9 Å². The maximum atomic E-state index is 12.7. The van der Waals surface area contributed by atoms with Crippen molar-refractivity contribution in [2.24, 2.45) is 0 Å². The first-order valence-corrected chi connectivity index (χ1v) is 7.64. The number of carboxylic acid groups (broad SMARTS) is 1. The number of carbonyl (C=O) groups excluding carboxylic acids is 2. The van der Waals surface area contributed by atoms with Crippen LogP contribution in [0.3, 0.4) is 0 Å². The fraction of sp³-hybridized carbons (Fsp3) is 0.471. The summed E-state index contributed by atoms with van der Waals surface area (Å²) in [7, 11) is 1.45. The third kappa shape index (κ3) is 5.09. The molecular formula is C17H26N2O4. The van der Waals surface area contributed by atoms with Gasteiger partial charge in [0, 0.05) is 12.6 Å². The van der Waals surface area contributed by atoms with Crippen molar-refractivity contribution in [3.05, 3.63) is 35.4 Å². The molecule has 2 amide bonds. The lowest BCUT2D eigenvalue weighted by Gasteiger charge is -2.31. The molecule has 6 heteroatoms. The summed E-state index contributed by atoms with van der Waals surface area (Å²) >= 11 is 0. The largest absolute Gasteiger partial charge is 0.480 e. The molecule has 2 N–H and O–H groups in total. The van der Waals surface area contributed by atoms with Crippen LogP contribution in [0.5, 0.6) is 0 Å². The molecule has 0 spiro atoms. The van der Waals surface area contributed by atoms with Crippen LogP contribution < -0.4 is 5.32 Å². The molecule has 0 saturated heterocycles. The van der Waals surface area contributed by atoms with E-state index in [1.54, 1.807) is 31.2 Å². The Morgan fingerprint density at radius 2 is 1.61 bits per heavy atom. The number of nitrogens with one attached hydrogen (secondary N) is 1. The van der Waals surface area contributed by atoms with E-state index >= 15 is 0 Å². The highest BCUT2D eigenvalue weighted by atomic mass is 16.4. The minimum Gasteiger partial charge on any atom is -0.480 e. The second-order valence-corrected chi connectivity index (χ2v) is 4.83. The maximum Gasteiger partial charge on any atom is 0.326 e. The van der Waals surface area contributed by atoms with Gasteiger partial charge in [-0.15, -0.1) is 0 Å². The third-order valence-corrected chi connectivity index (χ3v) is 3.43. The van der Waals surface area contributed by atoms with Gasteiger partial charge in [0.1, 0.15) is 12.1 Å². The van der Waals surface area contributed by atoms with E-state index in [1.807, 2.05) is 13.8 Å². The number of rotatable bonds is 5. The van der Waals surface area contributed by atoms with Gasteiger partial charge in [-0.2, -0.15) is 0 Å². The number of benzene rings is 1. The Bertz CT molecular complexity index is 557. The predicted molar refractivity (Wildman–Crippen MR) is 89.3 cm³/mol. The van der Waals surface area contributed by atoms with Crippen LogP contribution in [-0.2, 0) is 9.59 Å². The van der Waals surface area contributed by atoms with Gasteiger partial charge in [0.15, 0.2) is 0 Å². The van der Waals surface area contributed by atoms with Crippen LogP contribution in [0.1, 0.15) is 43.6 Å². The third-order valence-electron chi connectivity index (χ3n) is 3.43. The second kappa shape index (κ2) is 9.61. The molecule has 0 aromatic heterocycles. The van der Waals surface area contributed by atoms with Gasteiger partial charge < -0.3 is 15.3 Å². The Hall–Kier alpha value is -2.37.